The first-order valence-electron chi connectivity index (χ1n) is 12.7. The highest BCUT2D eigenvalue weighted by atomic mass is 35.5. The minimum Gasteiger partial charge on any atom is -0.369 e. The van der Waals surface area contributed by atoms with Crippen LogP contribution in [-0.4, -0.2) is 37.1 Å². The Labute approximate surface area is 195 Å². The number of unbranched alkanes of at least 4 members (excludes halogenated alkanes) is 12. The largest absolute Gasteiger partial charge is 0.369 e. The normalized spacial score (nSPS) is 14.7. The number of piperazine rings is 1. The SMILES string of the molecule is CCCCCCCCCCCCCCCC(=O)NN1CCN(c2ccc(Cl)cc2)CC1. The zero-order valence-electron chi connectivity index (χ0n) is 19.7. The second kappa shape index (κ2) is 16.4. The van der Waals surface area contributed by atoms with Gasteiger partial charge in [0.25, 0.3) is 0 Å². The van der Waals surface area contributed by atoms with Crippen LogP contribution in [0.5, 0.6) is 0 Å². The molecular weight excluding hydrogens is 406 g/mol. The zero-order valence-corrected chi connectivity index (χ0v) is 20.5. The van der Waals surface area contributed by atoms with Crippen LogP contribution >= 0.6 is 11.6 Å². The predicted octanol–water partition coefficient (Wildman–Crippen LogP) is 6.97. The molecule has 0 saturated carbocycles. The standard InChI is InChI=1S/C26H44ClN3O/c1-2-3-4-5-6-7-8-9-10-11-12-13-14-15-26(31)28-30-22-20-29(21-23-30)25-18-16-24(27)17-19-25/h16-19H,2-15,20-23H2,1H3,(H,28,31). The molecule has 1 fully saturated rings. The lowest BCUT2D eigenvalue weighted by Crippen LogP contribution is -2.53. The van der Waals surface area contributed by atoms with E-state index in [0.29, 0.717) is 6.42 Å². The summed E-state index contributed by atoms with van der Waals surface area (Å²) in [4.78, 5) is 14.6. The molecule has 1 heterocycles. The van der Waals surface area contributed by atoms with Gasteiger partial charge in [0.05, 0.1) is 0 Å². The van der Waals surface area contributed by atoms with E-state index in [2.05, 4.69) is 34.4 Å². The number of nitrogens with one attached hydrogen (secondary N) is 1. The Kier molecular flexibility index (Phi) is 13.7. The van der Waals surface area contributed by atoms with Crippen molar-refractivity contribution in [2.45, 2.75) is 96.8 Å². The summed E-state index contributed by atoms with van der Waals surface area (Å²) in [5.74, 6) is 0.169. The molecule has 0 radical (unpaired) electrons. The molecule has 1 N–H and O–H groups in total. The topological polar surface area (TPSA) is 35.6 Å². The van der Waals surface area contributed by atoms with E-state index in [-0.39, 0.29) is 5.91 Å². The summed E-state index contributed by atoms with van der Waals surface area (Å²) < 4.78 is 0. The van der Waals surface area contributed by atoms with Gasteiger partial charge in [-0.3, -0.25) is 10.2 Å². The van der Waals surface area contributed by atoms with Crippen molar-refractivity contribution in [3.8, 4) is 0 Å². The van der Waals surface area contributed by atoms with Crippen molar-refractivity contribution < 1.29 is 4.79 Å². The average molecular weight is 450 g/mol. The number of carbonyl (C=O) groups is 1. The number of anilines is 1. The number of halogens is 1. The maximum Gasteiger partial charge on any atom is 0.234 e. The molecule has 1 aromatic rings. The van der Waals surface area contributed by atoms with E-state index < -0.39 is 0 Å². The highest BCUT2D eigenvalue weighted by molar-refractivity contribution is 6.30. The Morgan fingerprint density at radius 3 is 1.77 bits per heavy atom. The molecule has 0 bridgehead atoms. The molecule has 0 spiro atoms. The number of amides is 1. The van der Waals surface area contributed by atoms with E-state index in [9.17, 15) is 4.79 Å². The van der Waals surface area contributed by atoms with Crippen LogP contribution in [0.15, 0.2) is 24.3 Å². The van der Waals surface area contributed by atoms with Crippen molar-refractivity contribution in [2.75, 3.05) is 31.1 Å². The summed E-state index contributed by atoms with van der Waals surface area (Å²) in [6.07, 6.45) is 18.0. The van der Waals surface area contributed by atoms with E-state index in [1.165, 1.54) is 82.7 Å². The van der Waals surface area contributed by atoms with Gasteiger partial charge in [-0.15, -0.1) is 0 Å². The van der Waals surface area contributed by atoms with Gasteiger partial charge < -0.3 is 4.90 Å². The summed E-state index contributed by atoms with van der Waals surface area (Å²) in [6.45, 7) is 5.82. The number of hydrazine groups is 1. The van der Waals surface area contributed by atoms with E-state index >= 15 is 0 Å². The van der Waals surface area contributed by atoms with Gasteiger partial charge in [-0.25, -0.2) is 5.01 Å². The van der Waals surface area contributed by atoms with Crippen LogP contribution in [0.3, 0.4) is 0 Å². The third kappa shape index (κ3) is 11.8. The fraction of sp³-hybridized carbons (Fsp3) is 0.731. The Morgan fingerprint density at radius 1 is 0.774 bits per heavy atom. The van der Waals surface area contributed by atoms with E-state index in [1.54, 1.807) is 0 Å². The number of rotatable bonds is 16. The fourth-order valence-corrected chi connectivity index (χ4v) is 4.39. The second-order valence-electron chi connectivity index (χ2n) is 8.98. The summed E-state index contributed by atoms with van der Waals surface area (Å²) in [7, 11) is 0. The lowest BCUT2D eigenvalue weighted by Gasteiger charge is -2.36. The zero-order chi connectivity index (χ0) is 22.2. The molecule has 1 aromatic carbocycles. The van der Waals surface area contributed by atoms with Crippen molar-refractivity contribution in [3.63, 3.8) is 0 Å². The smallest absolute Gasteiger partial charge is 0.234 e. The van der Waals surface area contributed by atoms with Gasteiger partial charge in [0.2, 0.25) is 5.91 Å². The van der Waals surface area contributed by atoms with Gasteiger partial charge in [-0.2, -0.15) is 0 Å². The summed E-state index contributed by atoms with van der Waals surface area (Å²) in [6, 6.07) is 7.98. The van der Waals surface area contributed by atoms with Crippen LogP contribution < -0.4 is 10.3 Å². The maximum absolute atomic E-state index is 12.2. The Hall–Kier alpha value is -1.26. The van der Waals surface area contributed by atoms with Gasteiger partial charge in [-0.05, 0) is 30.7 Å². The van der Waals surface area contributed by atoms with Gasteiger partial charge >= 0.3 is 0 Å². The molecule has 5 heteroatoms. The monoisotopic (exact) mass is 449 g/mol. The van der Waals surface area contributed by atoms with Crippen LogP contribution in [0, 0.1) is 0 Å². The average Bonchev–Trinajstić information content (AvgIpc) is 2.78. The number of carbonyl (C=O) groups excluding carboxylic acids is 1. The highest BCUT2D eigenvalue weighted by Crippen LogP contribution is 2.19. The molecular formula is C26H44ClN3O. The van der Waals surface area contributed by atoms with Crippen LogP contribution in [0.25, 0.3) is 0 Å². The second-order valence-corrected chi connectivity index (χ2v) is 9.41. The lowest BCUT2D eigenvalue weighted by atomic mass is 10.0. The summed E-state index contributed by atoms with van der Waals surface area (Å²) in [5, 5.41) is 2.83. The maximum atomic E-state index is 12.2. The molecule has 2 rings (SSSR count). The van der Waals surface area contributed by atoms with Gasteiger partial charge in [0.1, 0.15) is 0 Å². The molecule has 0 aliphatic carbocycles. The highest BCUT2D eigenvalue weighted by Gasteiger charge is 2.18. The molecule has 31 heavy (non-hydrogen) atoms. The third-order valence-electron chi connectivity index (χ3n) is 6.26. The van der Waals surface area contributed by atoms with Crippen LogP contribution in [0.4, 0.5) is 5.69 Å². The molecule has 0 atom stereocenters. The van der Waals surface area contributed by atoms with E-state index in [4.69, 9.17) is 11.6 Å². The van der Waals surface area contributed by atoms with Crippen molar-refractivity contribution in [2.24, 2.45) is 0 Å². The van der Waals surface area contributed by atoms with Crippen molar-refractivity contribution in [1.29, 1.82) is 0 Å². The minimum atomic E-state index is 0.169. The van der Waals surface area contributed by atoms with Crippen molar-refractivity contribution in [3.05, 3.63) is 29.3 Å². The Bertz CT molecular complexity index is 585. The number of benzene rings is 1. The molecule has 4 nitrogen and oxygen atoms in total. The quantitative estimate of drug-likeness (QED) is 0.276. The molecule has 176 valence electrons. The lowest BCUT2D eigenvalue weighted by molar-refractivity contribution is -0.126. The molecule has 1 aliphatic rings. The number of hydrogen-bond acceptors (Lipinski definition) is 3. The summed E-state index contributed by atoms with van der Waals surface area (Å²) in [5.41, 5.74) is 4.29. The molecule has 0 unspecified atom stereocenters. The summed E-state index contributed by atoms with van der Waals surface area (Å²) >= 11 is 5.97. The van der Waals surface area contributed by atoms with Crippen molar-refractivity contribution >= 4 is 23.2 Å². The Balaban J connectivity index is 1.40. The molecule has 0 aromatic heterocycles. The van der Waals surface area contributed by atoms with Gasteiger partial charge in [-0.1, -0.05) is 95.6 Å². The first-order valence-corrected chi connectivity index (χ1v) is 13.1. The number of hydrogen-bond donors (Lipinski definition) is 1. The van der Waals surface area contributed by atoms with E-state index in [0.717, 1.165) is 37.6 Å². The molecule has 1 amide bonds. The molecule has 1 aliphatic heterocycles. The predicted molar refractivity (Wildman–Crippen MR) is 134 cm³/mol. The van der Waals surface area contributed by atoms with Crippen molar-refractivity contribution in [1.82, 2.24) is 10.4 Å². The third-order valence-corrected chi connectivity index (χ3v) is 6.51. The minimum absolute atomic E-state index is 0.169. The fourth-order valence-electron chi connectivity index (χ4n) is 4.26. The number of nitrogens with zero attached hydrogens (tertiary/aromatic N) is 2. The first kappa shape index (κ1) is 26.0. The first-order chi connectivity index (χ1) is 15.2. The van der Waals surface area contributed by atoms with Crippen LogP contribution in [-0.2, 0) is 4.79 Å². The van der Waals surface area contributed by atoms with E-state index in [1.807, 2.05) is 12.1 Å². The van der Waals surface area contributed by atoms with Crippen LogP contribution in [0.1, 0.15) is 96.8 Å². The Morgan fingerprint density at radius 2 is 1.26 bits per heavy atom. The van der Waals surface area contributed by atoms with Gasteiger partial charge in [0, 0.05) is 43.3 Å². The molecule has 1 saturated heterocycles. The van der Waals surface area contributed by atoms with Gasteiger partial charge in [0.15, 0.2) is 0 Å². The van der Waals surface area contributed by atoms with Crippen LogP contribution in [0.2, 0.25) is 5.02 Å².